The van der Waals surface area contributed by atoms with E-state index in [1.165, 1.54) is 18.5 Å². The summed E-state index contributed by atoms with van der Waals surface area (Å²) in [5.41, 5.74) is 1.30. The smallest absolute Gasteiger partial charge is 0.191 e. The molecule has 2 atom stereocenters. The van der Waals surface area contributed by atoms with Gasteiger partial charge in [-0.2, -0.15) is 0 Å². The van der Waals surface area contributed by atoms with Gasteiger partial charge in [0.25, 0.3) is 0 Å². The fourth-order valence-electron chi connectivity index (χ4n) is 3.21. The zero-order valence-corrected chi connectivity index (χ0v) is 18.3. The van der Waals surface area contributed by atoms with Crippen LogP contribution in [0.15, 0.2) is 35.3 Å². The van der Waals surface area contributed by atoms with Gasteiger partial charge in [-0.15, -0.1) is 0 Å². The fraction of sp³-hybridized carbons (Fsp3) is 0.682. The number of likely N-dealkylation sites (N-methyl/N-ethyl adjacent to an activating group) is 1. The minimum atomic E-state index is 0.277. The predicted molar refractivity (Wildman–Crippen MR) is 118 cm³/mol. The predicted octanol–water partition coefficient (Wildman–Crippen LogP) is 3.35. The summed E-state index contributed by atoms with van der Waals surface area (Å²) in [6.07, 6.45) is 2.36. The quantitative estimate of drug-likeness (QED) is 0.434. The monoisotopic (exact) mass is 375 g/mol. The van der Waals surface area contributed by atoms with Crippen LogP contribution >= 0.6 is 0 Å². The Labute approximate surface area is 167 Å². The highest BCUT2D eigenvalue weighted by atomic mass is 15.2. The Hall–Kier alpha value is -1.59. The normalized spacial score (nSPS) is 14.4. The Morgan fingerprint density at radius 3 is 2.30 bits per heavy atom. The summed E-state index contributed by atoms with van der Waals surface area (Å²) in [6, 6.07) is 11.3. The van der Waals surface area contributed by atoms with Crippen LogP contribution in [0.25, 0.3) is 0 Å². The van der Waals surface area contributed by atoms with Gasteiger partial charge in [0, 0.05) is 12.6 Å². The molecule has 154 valence electrons. The van der Waals surface area contributed by atoms with E-state index in [4.69, 9.17) is 4.99 Å². The molecule has 0 radical (unpaired) electrons. The molecule has 0 aliphatic rings. The van der Waals surface area contributed by atoms with Crippen molar-refractivity contribution >= 4 is 5.96 Å². The van der Waals surface area contributed by atoms with Gasteiger partial charge in [0.2, 0.25) is 0 Å². The summed E-state index contributed by atoms with van der Waals surface area (Å²) < 4.78 is 0. The molecule has 0 saturated heterocycles. The van der Waals surface area contributed by atoms with E-state index < -0.39 is 0 Å². The molecule has 0 heterocycles. The first-order valence-electron chi connectivity index (χ1n) is 10.5. The van der Waals surface area contributed by atoms with Gasteiger partial charge in [-0.05, 0) is 66.0 Å². The molecular weight excluding hydrogens is 334 g/mol. The maximum atomic E-state index is 4.87. The lowest BCUT2D eigenvalue weighted by Crippen LogP contribution is -2.43. The number of aliphatic imine (C=N–C) groups is 1. The lowest BCUT2D eigenvalue weighted by molar-refractivity contribution is 0.292. The second kappa shape index (κ2) is 13.6. The van der Waals surface area contributed by atoms with Gasteiger partial charge in [-0.25, -0.2) is 0 Å². The topological polar surface area (TPSA) is 42.9 Å². The zero-order valence-electron chi connectivity index (χ0n) is 18.3. The van der Waals surface area contributed by atoms with Crippen molar-refractivity contribution in [2.24, 2.45) is 4.99 Å². The molecule has 0 aliphatic carbocycles. The number of benzene rings is 1. The van der Waals surface area contributed by atoms with Crippen LogP contribution in [0.4, 0.5) is 0 Å². The van der Waals surface area contributed by atoms with E-state index in [-0.39, 0.29) is 6.04 Å². The highest BCUT2D eigenvalue weighted by molar-refractivity contribution is 5.80. The molecule has 1 rings (SSSR count). The number of nitrogens with zero attached hydrogens (tertiary/aromatic N) is 3. The first kappa shape index (κ1) is 23.4. The lowest BCUT2D eigenvalue weighted by Gasteiger charge is -2.24. The Balaban J connectivity index is 2.62. The molecule has 0 amide bonds. The van der Waals surface area contributed by atoms with Gasteiger partial charge < -0.3 is 20.4 Å². The maximum Gasteiger partial charge on any atom is 0.191 e. The molecule has 27 heavy (non-hydrogen) atoms. The summed E-state index contributed by atoms with van der Waals surface area (Å²) in [4.78, 5) is 9.58. The van der Waals surface area contributed by atoms with E-state index in [2.05, 4.69) is 92.6 Å². The third kappa shape index (κ3) is 9.25. The minimum absolute atomic E-state index is 0.277. The van der Waals surface area contributed by atoms with Crippen LogP contribution in [0.5, 0.6) is 0 Å². The molecule has 5 nitrogen and oxygen atoms in total. The lowest BCUT2D eigenvalue weighted by atomic mass is 10.1. The zero-order chi connectivity index (χ0) is 20.1. The minimum Gasteiger partial charge on any atom is -0.357 e. The van der Waals surface area contributed by atoms with Crippen molar-refractivity contribution in [3.8, 4) is 0 Å². The number of hydrogen-bond donors (Lipinski definition) is 2. The van der Waals surface area contributed by atoms with Gasteiger partial charge in [0.1, 0.15) is 0 Å². The molecule has 0 bridgehead atoms. The van der Waals surface area contributed by atoms with Crippen molar-refractivity contribution in [3.05, 3.63) is 35.9 Å². The highest BCUT2D eigenvalue weighted by Crippen LogP contribution is 2.18. The Morgan fingerprint density at radius 2 is 1.74 bits per heavy atom. The summed E-state index contributed by atoms with van der Waals surface area (Å²) in [5, 5.41) is 6.97. The van der Waals surface area contributed by atoms with Crippen LogP contribution in [0.1, 0.15) is 52.1 Å². The van der Waals surface area contributed by atoms with Crippen molar-refractivity contribution in [3.63, 3.8) is 0 Å². The Kier molecular flexibility index (Phi) is 11.8. The van der Waals surface area contributed by atoms with Crippen LogP contribution < -0.4 is 10.6 Å². The average Bonchev–Trinajstić information content (AvgIpc) is 2.66. The number of hydrogen-bond acceptors (Lipinski definition) is 3. The Bertz CT molecular complexity index is 511. The molecular formula is C22H41N5. The van der Waals surface area contributed by atoms with E-state index >= 15 is 0 Å². The molecule has 0 spiro atoms. The van der Waals surface area contributed by atoms with Crippen LogP contribution in [-0.4, -0.2) is 68.6 Å². The van der Waals surface area contributed by atoms with E-state index in [0.29, 0.717) is 6.04 Å². The van der Waals surface area contributed by atoms with Crippen LogP contribution in [0.2, 0.25) is 0 Å². The van der Waals surface area contributed by atoms with E-state index in [9.17, 15) is 0 Å². The standard InChI is InChI=1S/C22H41N5/c1-7-23-22(25-19(4)14-13-17-27(8-2)9-3)24-18-21(26(5)6)20-15-11-10-12-16-20/h10-12,15-16,19,21H,7-9,13-14,17-18H2,1-6H3,(H2,23,24,25). The summed E-state index contributed by atoms with van der Waals surface area (Å²) in [7, 11) is 4.23. The first-order valence-corrected chi connectivity index (χ1v) is 10.5. The van der Waals surface area contributed by atoms with Crippen molar-refractivity contribution < 1.29 is 0 Å². The molecule has 1 aromatic rings. The third-order valence-electron chi connectivity index (χ3n) is 4.96. The molecule has 2 N–H and O–H groups in total. The molecule has 0 saturated carbocycles. The van der Waals surface area contributed by atoms with Crippen molar-refractivity contribution in [2.75, 3.05) is 46.8 Å². The molecule has 1 aromatic carbocycles. The second-order valence-electron chi connectivity index (χ2n) is 7.32. The molecule has 0 aliphatic heterocycles. The third-order valence-corrected chi connectivity index (χ3v) is 4.96. The van der Waals surface area contributed by atoms with Gasteiger partial charge >= 0.3 is 0 Å². The van der Waals surface area contributed by atoms with E-state index in [1.807, 2.05) is 0 Å². The highest BCUT2D eigenvalue weighted by Gasteiger charge is 2.14. The average molecular weight is 376 g/mol. The largest absolute Gasteiger partial charge is 0.357 e. The number of nitrogens with one attached hydrogen (secondary N) is 2. The fourth-order valence-corrected chi connectivity index (χ4v) is 3.21. The van der Waals surface area contributed by atoms with Crippen molar-refractivity contribution in [2.45, 2.75) is 52.6 Å². The Morgan fingerprint density at radius 1 is 1.07 bits per heavy atom. The molecule has 0 fully saturated rings. The van der Waals surface area contributed by atoms with E-state index in [1.54, 1.807) is 0 Å². The number of rotatable bonds is 12. The van der Waals surface area contributed by atoms with Crippen LogP contribution in [0.3, 0.4) is 0 Å². The maximum absolute atomic E-state index is 4.87. The summed E-state index contributed by atoms with van der Waals surface area (Å²) >= 11 is 0. The van der Waals surface area contributed by atoms with Gasteiger partial charge in [0.15, 0.2) is 5.96 Å². The molecule has 2 unspecified atom stereocenters. The van der Waals surface area contributed by atoms with Crippen LogP contribution in [-0.2, 0) is 0 Å². The molecule has 0 aromatic heterocycles. The van der Waals surface area contributed by atoms with Crippen LogP contribution in [0, 0.1) is 0 Å². The van der Waals surface area contributed by atoms with E-state index in [0.717, 1.165) is 38.6 Å². The summed E-state index contributed by atoms with van der Waals surface area (Å²) in [5.74, 6) is 0.913. The number of guanidine groups is 1. The second-order valence-corrected chi connectivity index (χ2v) is 7.32. The molecule has 5 heteroatoms. The SMILES string of the molecule is CCNC(=NCC(c1ccccc1)N(C)C)NC(C)CCCN(CC)CC. The van der Waals surface area contributed by atoms with Crippen molar-refractivity contribution in [1.82, 2.24) is 20.4 Å². The summed E-state index contributed by atoms with van der Waals surface area (Å²) in [6.45, 7) is 13.9. The van der Waals surface area contributed by atoms with Gasteiger partial charge in [-0.1, -0.05) is 44.2 Å². The van der Waals surface area contributed by atoms with Crippen molar-refractivity contribution in [1.29, 1.82) is 0 Å². The van der Waals surface area contributed by atoms with Gasteiger partial charge in [-0.3, -0.25) is 4.99 Å². The van der Waals surface area contributed by atoms with Gasteiger partial charge in [0.05, 0.1) is 12.6 Å². The first-order chi connectivity index (χ1) is 13.0.